The Labute approximate surface area is 178 Å². The number of fused-ring (bicyclic) bond motifs is 1. The van der Waals surface area contributed by atoms with E-state index in [0.717, 1.165) is 20.3 Å². The van der Waals surface area contributed by atoms with E-state index in [1.165, 1.54) is 4.40 Å². The molecule has 0 atom stereocenters. The summed E-state index contributed by atoms with van der Waals surface area (Å²) >= 11 is 6.83. The summed E-state index contributed by atoms with van der Waals surface area (Å²) in [7, 11) is 0. The van der Waals surface area contributed by atoms with Crippen molar-refractivity contribution in [2.45, 2.75) is 0 Å². The first kappa shape index (κ1) is 18.6. The molecule has 4 aromatic rings. The highest BCUT2D eigenvalue weighted by atomic mass is 79.9. The van der Waals surface area contributed by atoms with Crippen molar-refractivity contribution in [3.8, 4) is 0 Å². The highest BCUT2D eigenvalue weighted by Gasteiger charge is 2.11. The Morgan fingerprint density at radius 1 is 0.929 bits per heavy atom. The summed E-state index contributed by atoms with van der Waals surface area (Å²) in [6.07, 6.45) is 3.25. The van der Waals surface area contributed by atoms with Crippen LogP contribution in [-0.4, -0.2) is 15.6 Å². The standard InChI is InChI=1S/C21H14Br2N4O/c22-14-4-8-16(9-5-14)24-13-18-20(25-17-10-6-15(23)7-11-17)26-19-3-1-2-12-27(19)21(18)28/h1-13,25H. The van der Waals surface area contributed by atoms with Gasteiger partial charge in [-0.05, 0) is 60.7 Å². The minimum atomic E-state index is -0.189. The predicted molar refractivity (Wildman–Crippen MR) is 120 cm³/mol. The molecule has 7 heteroatoms. The van der Waals surface area contributed by atoms with Crippen LogP contribution in [0, 0.1) is 0 Å². The fourth-order valence-corrected chi connectivity index (χ4v) is 3.18. The molecule has 2 aromatic heterocycles. The van der Waals surface area contributed by atoms with Crippen LogP contribution in [0.2, 0.25) is 0 Å². The van der Waals surface area contributed by atoms with Gasteiger partial charge in [-0.15, -0.1) is 0 Å². The van der Waals surface area contributed by atoms with E-state index < -0.39 is 0 Å². The van der Waals surface area contributed by atoms with Gasteiger partial charge in [-0.25, -0.2) is 4.98 Å². The summed E-state index contributed by atoms with van der Waals surface area (Å²) in [6.45, 7) is 0. The van der Waals surface area contributed by atoms with Gasteiger partial charge in [0, 0.05) is 27.0 Å². The van der Waals surface area contributed by atoms with E-state index in [-0.39, 0.29) is 5.56 Å². The lowest BCUT2D eigenvalue weighted by Crippen LogP contribution is -2.21. The number of nitrogens with one attached hydrogen (secondary N) is 1. The number of hydrogen-bond donors (Lipinski definition) is 1. The summed E-state index contributed by atoms with van der Waals surface area (Å²) in [5, 5.41) is 3.23. The number of halogens is 2. The van der Waals surface area contributed by atoms with Crippen molar-refractivity contribution >= 4 is 60.9 Å². The Morgan fingerprint density at radius 2 is 1.61 bits per heavy atom. The third-order valence-electron chi connectivity index (χ3n) is 4.05. The molecular formula is C21H14Br2N4O. The lowest BCUT2D eigenvalue weighted by molar-refractivity contribution is 1.04. The van der Waals surface area contributed by atoms with Gasteiger partial charge in [-0.2, -0.15) is 0 Å². The molecule has 5 nitrogen and oxygen atoms in total. The minimum absolute atomic E-state index is 0.189. The van der Waals surface area contributed by atoms with Gasteiger partial charge in [-0.3, -0.25) is 14.2 Å². The molecule has 0 radical (unpaired) electrons. The van der Waals surface area contributed by atoms with Crippen LogP contribution >= 0.6 is 31.9 Å². The second-order valence-corrected chi connectivity index (χ2v) is 7.81. The SMILES string of the molecule is O=c1c(C=Nc2ccc(Br)cc2)c(Nc2ccc(Br)cc2)nc2ccccn12. The molecule has 0 spiro atoms. The summed E-state index contributed by atoms with van der Waals surface area (Å²) in [5.41, 5.74) is 2.33. The number of aliphatic imine (C=N–C) groups is 1. The van der Waals surface area contributed by atoms with Crippen molar-refractivity contribution in [1.82, 2.24) is 9.38 Å². The normalized spacial score (nSPS) is 11.2. The van der Waals surface area contributed by atoms with Crippen LogP contribution in [0.25, 0.3) is 5.65 Å². The first-order valence-corrected chi connectivity index (χ1v) is 10.0. The van der Waals surface area contributed by atoms with Crippen molar-refractivity contribution in [3.63, 3.8) is 0 Å². The van der Waals surface area contributed by atoms with E-state index in [0.29, 0.717) is 17.0 Å². The molecule has 2 aromatic carbocycles. The zero-order chi connectivity index (χ0) is 19.5. The lowest BCUT2D eigenvalue weighted by Gasteiger charge is -2.10. The van der Waals surface area contributed by atoms with Gasteiger partial charge in [0.15, 0.2) is 0 Å². The van der Waals surface area contributed by atoms with E-state index in [1.54, 1.807) is 24.5 Å². The second-order valence-electron chi connectivity index (χ2n) is 5.97. The molecule has 138 valence electrons. The number of aromatic nitrogens is 2. The Bertz CT molecular complexity index is 1220. The topological polar surface area (TPSA) is 58.8 Å². The predicted octanol–water partition coefficient (Wildman–Crippen LogP) is 5.71. The summed E-state index contributed by atoms with van der Waals surface area (Å²) in [4.78, 5) is 22.1. The van der Waals surface area contributed by atoms with Gasteiger partial charge in [-0.1, -0.05) is 37.9 Å². The van der Waals surface area contributed by atoms with E-state index in [2.05, 4.69) is 47.2 Å². The average molecular weight is 498 g/mol. The van der Waals surface area contributed by atoms with Gasteiger partial charge in [0.2, 0.25) is 0 Å². The van der Waals surface area contributed by atoms with Crippen LogP contribution < -0.4 is 10.9 Å². The number of benzene rings is 2. The highest BCUT2D eigenvalue weighted by molar-refractivity contribution is 9.10. The molecule has 0 saturated carbocycles. The van der Waals surface area contributed by atoms with Gasteiger partial charge < -0.3 is 5.32 Å². The molecule has 0 aliphatic carbocycles. The summed E-state index contributed by atoms with van der Waals surface area (Å²) in [6, 6.07) is 20.7. The maximum Gasteiger partial charge on any atom is 0.268 e. The number of rotatable bonds is 4. The van der Waals surface area contributed by atoms with E-state index in [4.69, 9.17) is 0 Å². The van der Waals surface area contributed by atoms with E-state index in [1.807, 2.05) is 54.6 Å². The van der Waals surface area contributed by atoms with Crippen LogP contribution in [0.1, 0.15) is 5.56 Å². The molecule has 0 bridgehead atoms. The highest BCUT2D eigenvalue weighted by Crippen LogP contribution is 2.21. The Balaban J connectivity index is 1.81. The first-order chi connectivity index (χ1) is 13.6. The van der Waals surface area contributed by atoms with E-state index in [9.17, 15) is 4.79 Å². The smallest absolute Gasteiger partial charge is 0.268 e. The van der Waals surface area contributed by atoms with Crippen molar-refractivity contribution in [1.29, 1.82) is 0 Å². The molecule has 4 rings (SSSR count). The monoisotopic (exact) mass is 496 g/mol. The Kier molecular flexibility index (Phi) is 5.36. The minimum Gasteiger partial charge on any atom is -0.339 e. The van der Waals surface area contributed by atoms with Gasteiger partial charge >= 0.3 is 0 Å². The fourth-order valence-electron chi connectivity index (χ4n) is 2.65. The molecular weight excluding hydrogens is 484 g/mol. The molecule has 2 heterocycles. The van der Waals surface area contributed by atoms with Crippen molar-refractivity contribution in [3.05, 3.63) is 97.8 Å². The number of pyridine rings is 1. The van der Waals surface area contributed by atoms with Crippen LogP contribution in [0.4, 0.5) is 17.2 Å². The Hall–Kier alpha value is -2.77. The van der Waals surface area contributed by atoms with Gasteiger partial charge in [0.05, 0.1) is 5.69 Å². The molecule has 0 unspecified atom stereocenters. The average Bonchev–Trinajstić information content (AvgIpc) is 2.71. The summed E-state index contributed by atoms with van der Waals surface area (Å²) < 4.78 is 3.45. The van der Waals surface area contributed by atoms with Crippen LogP contribution in [0.3, 0.4) is 0 Å². The molecule has 0 saturated heterocycles. The molecule has 0 fully saturated rings. The zero-order valence-electron chi connectivity index (χ0n) is 14.5. The molecule has 1 N–H and O–H groups in total. The van der Waals surface area contributed by atoms with Gasteiger partial charge in [0.25, 0.3) is 5.56 Å². The van der Waals surface area contributed by atoms with E-state index >= 15 is 0 Å². The quantitative estimate of drug-likeness (QED) is 0.367. The van der Waals surface area contributed by atoms with Crippen LogP contribution in [-0.2, 0) is 0 Å². The molecule has 28 heavy (non-hydrogen) atoms. The molecule has 0 amide bonds. The zero-order valence-corrected chi connectivity index (χ0v) is 17.7. The number of hydrogen-bond acceptors (Lipinski definition) is 4. The fraction of sp³-hybridized carbons (Fsp3) is 0. The maximum absolute atomic E-state index is 13.0. The van der Waals surface area contributed by atoms with Gasteiger partial charge in [0.1, 0.15) is 17.0 Å². The molecule has 0 aliphatic rings. The summed E-state index contributed by atoms with van der Waals surface area (Å²) in [5.74, 6) is 0.458. The number of anilines is 2. The van der Waals surface area contributed by atoms with Crippen molar-refractivity contribution in [2.24, 2.45) is 4.99 Å². The maximum atomic E-state index is 13.0. The van der Waals surface area contributed by atoms with Crippen LogP contribution in [0.5, 0.6) is 0 Å². The van der Waals surface area contributed by atoms with Crippen molar-refractivity contribution in [2.75, 3.05) is 5.32 Å². The van der Waals surface area contributed by atoms with Crippen molar-refractivity contribution < 1.29 is 0 Å². The lowest BCUT2D eigenvalue weighted by atomic mass is 10.2. The first-order valence-electron chi connectivity index (χ1n) is 8.44. The Morgan fingerprint density at radius 3 is 2.32 bits per heavy atom. The third-order valence-corrected chi connectivity index (χ3v) is 5.10. The largest absolute Gasteiger partial charge is 0.339 e. The third kappa shape index (κ3) is 4.05. The number of nitrogens with zero attached hydrogens (tertiary/aromatic N) is 3. The van der Waals surface area contributed by atoms with Crippen LogP contribution in [0.15, 0.2) is 91.7 Å². The molecule has 0 aliphatic heterocycles. The second kappa shape index (κ2) is 8.08.